The van der Waals surface area contributed by atoms with Gasteiger partial charge in [-0.05, 0) is 70.9 Å². The third-order valence-corrected chi connectivity index (χ3v) is 5.24. The van der Waals surface area contributed by atoms with Gasteiger partial charge in [-0.2, -0.15) is 0 Å². The van der Waals surface area contributed by atoms with Gasteiger partial charge in [0.25, 0.3) is 5.91 Å². The number of furan rings is 1. The largest absolute Gasteiger partial charge is 0.482 e. The molecular formula is C20H16Br2ClNO4. The van der Waals surface area contributed by atoms with Crippen LogP contribution in [-0.4, -0.2) is 17.6 Å². The molecule has 0 aliphatic rings. The molecule has 0 bridgehead atoms. The first kappa shape index (κ1) is 20.9. The minimum absolute atomic E-state index is 0.140. The first-order chi connectivity index (χ1) is 13.4. The Labute approximate surface area is 183 Å². The molecule has 2 aromatic carbocycles. The fourth-order valence-electron chi connectivity index (χ4n) is 2.61. The topological polar surface area (TPSA) is 71.7 Å². The second-order valence-electron chi connectivity index (χ2n) is 5.99. The van der Waals surface area contributed by atoms with Gasteiger partial charge in [-0.3, -0.25) is 4.79 Å². The molecule has 0 saturated carbocycles. The summed E-state index contributed by atoms with van der Waals surface area (Å²) >= 11 is 13.2. The van der Waals surface area contributed by atoms with Gasteiger partial charge in [0.1, 0.15) is 23.9 Å². The second-order valence-corrected chi connectivity index (χ2v) is 8.17. The van der Waals surface area contributed by atoms with Crippen molar-refractivity contribution in [2.75, 3.05) is 11.9 Å². The Balaban J connectivity index is 1.65. The lowest BCUT2D eigenvalue weighted by molar-refractivity contribution is -0.118. The van der Waals surface area contributed by atoms with Crippen LogP contribution in [0.1, 0.15) is 11.3 Å². The molecule has 0 atom stereocenters. The van der Waals surface area contributed by atoms with Gasteiger partial charge in [-0.15, -0.1) is 0 Å². The van der Waals surface area contributed by atoms with Crippen LogP contribution >= 0.6 is 43.5 Å². The van der Waals surface area contributed by atoms with Gasteiger partial charge < -0.3 is 19.6 Å². The molecule has 146 valence electrons. The van der Waals surface area contributed by atoms with Crippen molar-refractivity contribution < 1.29 is 19.1 Å². The van der Waals surface area contributed by atoms with Crippen LogP contribution in [0.4, 0.5) is 5.69 Å². The van der Waals surface area contributed by atoms with Gasteiger partial charge in [0.05, 0.1) is 9.50 Å². The average molecular weight is 530 g/mol. The smallest absolute Gasteiger partial charge is 0.262 e. The SMILES string of the molecule is Cc1cc(Br)cc(Br)c1OCC(=O)Nc1ccc(-c2ccc(CO)o2)c(Cl)c1. The summed E-state index contributed by atoms with van der Waals surface area (Å²) in [6.07, 6.45) is 0. The summed E-state index contributed by atoms with van der Waals surface area (Å²) in [5, 5.41) is 12.3. The Hall–Kier alpha value is -1.80. The van der Waals surface area contributed by atoms with E-state index >= 15 is 0 Å². The van der Waals surface area contributed by atoms with Crippen molar-refractivity contribution in [1.82, 2.24) is 0 Å². The van der Waals surface area contributed by atoms with E-state index in [2.05, 4.69) is 37.2 Å². The molecule has 5 nitrogen and oxygen atoms in total. The van der Waals surface area contributed by atoms with Gasteiger partial charge >= 0.3 is 0 Å². The number of carbonyl (C=O) groups excluding carboxylic acids is 1. The van der Waals surface area contributed by atoms with Gasteiger partial charge in [-0.25, -0.2) is 0 Å². The van der Waals surface area contributed by atoms with Crippen LogP contribution in [0.15, 0.2) is 55.8 Å². The third-order valence-electron chi connectivity index (χ3n) is 3.88. The molecule has 0 spiro atoms. The van der Waals surface area contributed by atoms with Gasteiger partial charge in [0.2, 0.25) is 0 Å². The van der Waals surface area contributed by atoms with E-state index in [1.165, 1.54) is 0 Å². The zero-order valence-corrected chi connectivity index (χ0v) is 18.7. The molecule has 1 amide bonds. The van der Waals surface area contributed by atoms with Crippen molar-refractivity contribution in [3.05, 3.63) is 67.8 Å². The lowest BCUT2D eigenvalue weighted by Gasteiger charge is -2.12. The van der Waals surface area contributed by atoms with E-state index in [0.717, 1.165) is 14.5 Å². The number of aryl methyl sites for hydroxylation is 1. The molecule has 0 saturated heterocycles. The molecule has 0 aliphatic carbocycles. The quantitative estimate of drug-likeness (QED) is 0.414. The minimum atomic E-state index is -0.307. The fourth-order valence-corrected chi connectivity index (χ4v) is 4.43. The monoisotopic (exact) mass is 527 g/mol. The molecular weight excluding hydrogens is 513 g/mol. The summed E-state index contributed by atoms with van der Waals surface area (Å²) in [5.41, 5.74) is 2.12. The highest BCUT2D eigenvalue weighted by Gasteiger charge is 2.12. The van der Waals surface area contributed by atoms with E-state index in [1.807, 2.05) is 19.1 Å². The minimum Gasteiger partial charge on any atom is -0.482 e. The highest BCUT2D eigenvalue weighted by Crippen LogP contribution is 2.33. The molecule has 0 radical (unpaired) electrons. The van der Waals surface area contributed by atoms with Crippen LogP contribution in [0.5, 0.6) is 5.75 Å². The average Bonchev–Trinajstić information content (AvgIpc) is 3.09. The van der Waals surface area contributed by atoms with E-state index in [4.69, 9.17) is 25.9 Å². The van der Waals surface area contributed by atoms with Crippen LogP contribution in [0.3, 0.4) is 0 Å². The first-order valence-corrected chi connectivity index (χ1v) is 10.2. The third kappa shape index (κ3) is 4.97. The fraction of sp³-hybridized carbons (Fsp3) is 0.150. The van der Waals surface area contributed by atoms with Crippen molar-refractivity contribution in [1.29, 1.82) is 0 Å². The Morgan fingerprint density at radius 1 is 1.21 bits per heavy atom. The molecule has 3 rings (SSSR count). The zero-order chi connectivity index (χ0) is 20.3. The molecule has 1 aromatic heterocycles. The standard InChI is InChI=1S/C20H16Br2ClNO4/c1-11-6-12(21)7-16(22)20(11)27-10-19(26)24-13-2-4-15(17(23)8-13)18-5-3-14(9-25)28-18/h2-8,25H,9-10H2,1H3,(H,24,26). The zero-order valence-electron chi connectivity index (χ0n) is 14.8. The predicted molar refractivity (Wildman–Crippen MR) is 116 cm³/mol. The van der Waals surface area contributed by atoms with Gasteiger partial charge in [0, 0.05) is 15.7 Å². The van der Waals surface area contributed by atoms with E-state index in [-0.39, 0.29) is 19.1 Å². The van der Waals surface area contributed by atoms with Crippen molar-refractivity contribution >= 4 is 55.1 Å². The number of benzene rings is 2. The molecule has 1 heterocycles. The molecule has 3 aromatic rings. The van der Waals surface area contributed by atoms with E-state index in [1.54, 1.807) is 30.3 Å². The summed E-state index contributed by atoms with van der Waals surface area (Å²) in [7, 11) is 0. The molecule has 8 heteroatoms. The summed E-state index contributed by atoms with van der Waals surface area (Å²) in [4.78, 5) is 12.2. The van der Waals surface area contributed by atoms with Crippen LogP contribution in [-0.2, 0) is 11.4 Å². The summed E-state index contributed by atoms with van der Waals surface area (Å²) in [5.74, 6) is 1.31. The van der Waals surface area contributed by atoms with Gasteiger partial charge in [0.15, 0.2) is 6.61 Å². The summed E-state index contributed by atoms with van der Waals surface area (Å²) in [6.45, 7) is 1.58. The predicted octanol–water partition coefficient (Wildman–Crippen LogP) is 5.94. The number of anilines is 1. The molecule has 0 fully saturated rings. The molecule has 2 N–H and O–H groups in total. The van der Waals surface area contributed by atoms with Crippen LogP contribution < -0.4 is 10.1 Å². The van der Waals surface area contributed by atoms with E-state index < -0.39 is 0 Å². The Bertz CT molecular complexity index is 996. The van der Waals surface area contributed by atoms with Gasteiger partial charge in [-0.1, -0.05) is 27.5 Å². The molecule has 0 aliphatic heterocycles. The van der Waals surface area contributed by atoms with E-state index in [9.17, 15) is 4.79 Å². The van der Waals surface area contributed by atoms with Crippen LogP contribution in [0.2, 0.25) is 5.02 Å². The normalized spacial score (nSPS) is 10.8. The maximum atomic E-state index is 12.2. The van der Waals surface area contributed by atoms with E-state index in [0.29, 0.717) is 33.5 Å². The highest BCUT2D eigenvalue weighted by atomic mass is 79.9. The number of nitrogens with one attached hydrogen (secondary N) is 1. The van der Waals surface area contributed by atoms with Crippen LogP contribution in [0, 0.1) is 6.92 Å². The molecule has 28 heavy (non-hydrogen) atoms. The summed E-state index contributed by atoms with van der Waals surface area (Å²) in [6, 6.07) is 12.3. The maximum Gasteiger partial charge on any atom is 0.262 e. The lowest BCUT2D eigenvalue weighted by atomic mass is 10.1. The number of hydrogen-bond acceptors (Lipinski definition) is 4. The highest BCUT2D eigenvalue weighted by molar-refractivity contribution is 9.11. The first-order valence-electron chi connectivity index (χ1n) is 8.25. The number of rotatable bonds is 6. The number of hydrogen-bond donors (Lipinski definition) is 2. The van der Waals surface area contributed by atoms with Crippen LogP contribution in [0.25, 0.3) is 11.3 Å². The second kappa shape index (κ2) is 9.13. The maximum absolute atomic E-state index is 12.2. The Morgan fingerprint density at radius 3 is 2.64 bits per heavy atom. The van der Waals surface area contributed by atoms with Crippen molar-refractivity contribution in [2.45, 2.75) is 13.5 Å². The van der Waals surface area contributed by atoms with Crippen molar-refractivity contribution in [3.63, 3.8) is 0 Å². The van der Waals surface area contributed by atoms with Crippen molar-refractivity contribution in [2.24, 2.45) is 0 Å². The Kier molecular flexibility index (Phi) is 6.82. The number of amides is 1. The summed E-state index contributed by atoms with van der Waals surface area (Å²) < 4.78 is 12.8. The van der Waals surface area contributed by atoms with Crippen molar-refractivity contribution in [3.8, 4) is 17.1 Å². The number of aliphatic hydroxyl groups excluding tert-OH is 1. The number of aliphatic hydroxyl groups is 1. The number of carbonyl (C=O) groups is 1. The number of halogens is 3. The molecule has 0 unspecified atom stereocenters. The number of ether oxygens (including phenoxy) is 1. The lowest BCUT2D eigenvalue weighted by Crippen LogP contribution is -2.20. The Morgan fingerprint density at radius 2 is 2.00 bits per heavy atom.